The number of benzene rings is 1. The molecule has 164 valence electrons. The number of amides is 1. The molecule has 30 heavy (non-hydrogen) atoms. The fourth-order valence-electron chi connectivity index (χ4n) is 4.38. The standard InChI is InChI=1S/C23H32N4O2.ClH/c1-17-7-9-18(10-8-17)27-21-6-3-2-5-20(21)22(25-27)23(28)26-14-11-19(12-15-26)29-16-4-13-24;/h7-10,19H,2-6,11-16,24H2,1H3;1H. The number of rotatable bonds is 6. The van der Waals surface area contributed by atoms with Gasteiger partial charge in [0.05, 0.1) is 11.8 Å². The normalized spacial score (nSPS) is 16.8. The Labute approximate surface area is 185 Å². The van der Waals surface area contributed by atoms with Crippen LogP contribution in [0.1, 0.15) is 59.4 Å². The lowest BCUT2D eigenvalue weighted by Crippen LogP contribution is -2.41. The smallest absolute Gasteiger partial charge is 0.274 e. The van der Waals surface area contributed by atoms with E-state index in [4.69, 9.17) is 15.6 Å². The molecule has 2 heterocycles. The second kappa shape index (κ2) is 10.4. The molecule has 0 saturated carbocycles. The summed E-state index contributed by atoms with van der Waals surface area (Å²) < 4.78 is 7.89. The van der Waals surface area contributed by atoms with Crippen LogP contribution < -0.4 is 5.73 Å². The Morgan fingerprint density at radius 2 is 1.87 bits per heavy atom. The third-order valence-electron chi connectivity index (χ3n) is 6.09. The van der Waals surface area contributed by atoms with Crippen LogP contribution in [0.2, 0.25) is 0 Å². The second-order valence-corrected chi connectivity index (χ2v) is 8.23. The van der Waals surface area contributed by atoms with E-state index in [1.54, 1.807) is 0 Å². The van der Waals surface area contributed by atoms with E-state index in [0.29, 0.717) is 18.8 Å². The predicted molar refractivity (Wildman–Crippen MR) is 121 cm³/mol. The predicted octanol–water partition coefficient (Wildman–Crippen LogP) is 3.45. The Morgan fingerprint density at radius 1 is 1.17 bits per heavy atom. The fourth-order valence-corrected chi connectivity index (χ4v) is 4.38. The van der Waals surface area contributed by atoms with Gasteiger partial charge in [-0.3, -0.25) is 4.79 Å². The third-order valence-corrected chi connectivity index (χ3v) is 6.09. The SMILES string of the molecule is Cc1ccc(-n2nc(C(=O)N3CCC(OCCCN)CC3)c3c2CCCC3)cc1.Cl. The molecule has 1 aliphatic carbocycles. The molecule has 1 saturated heterocycles. The summed E-state index contributed by atoms with van der Waals surface area (Å²) in [5, 5.41) is 4.83. The van der Waals surface area contributed by atoms with Gasteiger partial charge in [-0.05, 0) is 70.5 Å². The third kappa shape index (κ3) is 4.88. The molecule has 2 N–H and O–H groups in total. The maximum absolute atomic E-state index is 13.3. The van der Waals surface area contributed by atoms with E-state index in [-0.39, 0.29) is 24.4 Å². The largest absolute Gasteiger partial charge is 0.378 e. The number of piperidine rings is 1. The number of aromatic nitrogens is 2. The van der Waals surface area contributed by atoms with Gasteiger partial charge in [-0.2, -0.15) is 5.10 Å². The van der Waals surface area contributed by atoms with Crippen molar-refractivity contribution in [2.75, 3.05) is 26.2 Å². The van der Waals surface area contributed by atoms with E-state index in [1.165, 1.54) is 11.3 Å². The Hall–Kier alpha value is -1.89. The van der Waals surface area contributed by atoms with Crippen molar-refractivity contribution in [3.05, 3.63) is 46.8 Å². The maximum Gasteiger partial charge on any atom is 0.274 e. The molecule has 1 aromatic heterocycles. The highest BCUT2D eigenvalue weighted by molar-refractivity contribution is 5.94. The first kappa shape index (κ1) is 22.8. The van der Waals surface area contributed by atoms with Crippen molar-refractivity contribution in [1.29, 1.82) is 0 Å². The Kier molecular flexibility index (Phi) is 7.92. The Balaban J connectivity index is 0.00000256. The summed E-state index contributed by atoms with van der Waals surface area (Å²) in [6.07, 6.45) is 7.12. The molecule has 1 aromatic carbocycles. The lowest BCUT2D eigenvalue weighted by atomic mass is 9.95. The lowest BCUT2D eigenvalue weighted by Gasteiger charge is -2.31. The van der Waals surface area contributed by atoms with Gasteiger partial charge in [0.25, 0.3) is 5.91 Å². The number of halogens is 1. The molecule has 0 atom stereocenters. The number of aryl methyl sites for hydroxylation is 1. The van der Waals surface area contributed by atoms with Crippen LogP contribution >= 0.6 is 12.4 Å². The first-order valence-corrected chi connectivity index (χ1v) is 11.0. The van der Waals surface area contributed by atoms with Crippen molar-refractivity contribution in [2.45, 2.75) is 58.0 Å². The molecule has 0 unspecified atom stereocenters. The van der Waals surface area contributed by atoms with Gasteiger partial charge in [-0.1, -0.05) is 17.7 Å². The number of fused-ring (bicyclic) bond motifs is 1. The maximum atomic E-state index is 13.3. The van der Waals surface area contributed by atoms with Crippen molar-refractivity contribution in [3.8, 4) is 5.69 Å². The van der Waals surface area contributed by atoms with Gasteiger partial charge < -0.3 is 15.4 Å². The van der Waals surface area contributed by atoms with Crippen LogP contribution in [0.25, 0.3) is 5.69 Å². The van der Waals surface area contributed by atoms with E-state index in [2.05, 4.69) is 31.2 Å². The molecule has 0 spiro atoms. The zero-order valence-corrected chi connectivity index (χ0v) is 18.6. The highest BCUT2D eigenvalue weighted by Gasteiger charge is 2.30. The molecular weight excluding hydrogens is 400 g/mol. The average Bonchev–Trinajstić information content (AvgIpc) is 3.14. The molecule has 0 bridgehead atoms. The molecule has 4 rings (SSSR count). The summed E-state index contributed by atoms with van der Waals surface area (Å²) in [6.45, 7) is 4.92. The number of carbonyl (C=O) groups is 1. The molecule has 6 nitrogen and oxygen atoms in total. The molecule has 1 aliphatic heterocycles. The van der Waals surface area contributed by atoms with Gasteiger partial charge in [0.2, 0.25) is 0 Å². The Bertz CT molecular complexity index is 842. The van der Waals surface area contributed by atoms with Crippen molar-refractivity contribution >= 4 is 18.3 Å². The highest BCUT2D eigenvalue weighted by Crippen LogP contribution is 2.28. The van der Waals surface area contributed by atoms with E-state index < -0.39 is 0 Å². The molecule has 7 heteroatoms. The molecule has 2 aromatic rings. The highest BCUT2D eigenvalue weighted by atomic mass is 35.5. The van der Waals surface area contributed by atoms with Crippen LogP contribution in [0, 0.1) is 6.92 Å². The summed E-state index contributed by atoms with van der Waals surface area (Å²) in [7, 11) is 0. The summed E-state index contributed by atoms with van der Waals surface area (Å²) in [4.78, 5) is 15.3. The zero-order valence-electron chi connectivity index (χ0n) is 17.8. The van der Waals surface area contributed by atoms with Gasteiger partial charge in [-0.15, -0.1) is 12.4 Å². The molecule has 2 aliphatic rings. The zero-order chi connectivity index (χ0) is 20.2. The molecular formula is C23H33ClN4O2. The quantitative estimate of drug-likeness (QED) is 0.709. The number of likely N-dealkylation sites (tertiary alicyclic amines) is 1. The van der Waals surface area contributed by atoms with Crippen molar-refractivity contribution in [1.82, 2.24) is 14.7 Å². The summed E-state index contributed by atoms with van der Waals surface area (Å²) >= 11 is 0. The van der Waals surface area contributed by atoms with Crippen LogP contribution in [0.3, 0.4) is 0 Å². The molecule has 1 amide bonds. The number of nitrogens with zero attached hydrogens (tertiary/aromatic N) is 3. The first-order chi connectivity index (χ1) is 14.2. The van der Waals surface area contributed by atoms with E-state index in [9.17, 15) is 4.79 Å². The van der Waals surface area contributed by atoms with E-state index >= 15 is 0 Å². The first-order valence-electron chi connectivity index (χ1n) is 11.0. The van der Waals surface area contributed by atoms with Gasteiger partial charge in [0, 0.05) is 31.0 Å². The molecule has 0 radical (unpaired) electrons. The van der Waals surface area contributed by atoms with Crippen LogP contribution in [-0.2, 0) is 17.6 Å². The summed E-state index contributed by atoms with van der Waals surface area (Å²) in [5.74, 6) is 0.0782. The van der Waals surface area contributed by atoms with E-state index in [0.717, 1.165) is 69.3 Å². The number of carbonyl (C=O) groups excluding carboxylic acids is 1. The second-order valence-electron chi connectivity index (χ2n) is 8.23. The van der Waals surface area contributed by atoms with E-state index in [1.807, 2.05) is 9.58 Å². The number of ether oxygens (including phenoxy) is 1. The van der Waals surface area contributed by atoms with Gasteiger partial charge in [0.15, 0.2) is 5.69 Å². The fraction of sp³-hybridized carbons (Fsp3) is 0.565. The minimum absolute atomic E-state index is 0. The van der Waals surface area contributed by atoms with Crippen molar-refractivity contribution in [2.24, 2.45) is 5.73 Å². The minimum atomic E-state index is 0. The number of hydrogen-bond donors (Lipinski definition) is 1. The summed E-state index contributed by atoms with van der Waals surface area (Å²) in [5.41, 5.74) is 10.8. The van der Waals surface area contributed by atoms with Crippen LogP contribution in [0.5, 0.6) is 0 Å². The van der Waals surface area contributed by atoms with Gasteiger partial charge in [0.1, 0.15) is 0 Å². The topological polar surface area (TPSA) is 73.4 Å². The van der Waals surface area contributed by atoms with Gasteiger partial charge >= 0.3 is 0 Å². The van der Waals surface area contributed by atoms with Crippen molar-refractivity contribution in [3.63, 3.8) is 0 Å². The van der Waals surface area contributed by atoms with Crippen LogP contribution in [0.15, 0.2) is 24.3 Å². The average molecular weight is 433 g/mol. The molecule has 1 fully saturated rings. The van der Waals surface area contributed by atoms with Crippen LogP contribution in [-0.4, -0.2) is 52.9 Å². The monoisotopic (exact) mass is 432 g/mol. The Morgan fingerprint density at radius 3 is 2.57 bits per heavy atom. The number of hydrogen-bond acceptors (Lipinski definition) is 4. The number of nitrogens with two attached hydrogens (primary N) is 1. The van der Waals surface area contributed by atoms with Crippen LogP contribution in [0.4, 0.5) is 0 Å². The van der Waals surface area contributed by atoms with Crippen molar-refractivity contribution < 1.29 is 9.53 Å². The lowest BCUT2D eigenvalue weighted by molar-refractivity contribution is 0.00825. The minimum Gasteiger partial charge on any atom is -0.378 e. The van der Waals surface area contributed by atoms with Gasteiger partial charge in [-0.25, -0.2) is 4.68 Å². The summed E-state index contributed by atoms with van der Waals surface area (Å²) in [6, 6.07) is 8.39.